The summed E-state index contributed by atoms with van der Waals surface area (Å²) in [6, 6.07) is 0. The molecule has 0 aromatic heterocycles. The SMILES string of the molecule is O=C[C@]1(O)O[C@H](CO)[C@@H](O)[C@@H]1O. The van der Waals surface area contributed by atoms with Gasteiger partial charge in [-0.15, -0.1) is 0 Å². The number of aliphatic hydroxyl groups excluding tert-OH is 3. The van der Waals surface area contributed by atoms with Crippen LogP contribution < -0.4 is 0 Å². The maximum absolute atomic E-state index is 10.2. The van der Waals surface area contributed by atoms with Crippen molar-refractivity contribution in [3.8, 4) is 0 Å². The summed E-state index contributed by atoms with van der Waals surface area (Å²) in [6.07, 6.45) is -4.32. The molecule has 0 spiro atoms. The van der Waals surface area contributed by atoms with Crippen LogP contribution in [0.2, 0.25) is 0 Å². The van der Waals surface area contributed by atoms with Gasteiger partial charge < -0.3 is 25.2 Å². The van der Waals surface area contributed by atoms with E-state index in [-0.39, 0.29) is 6.29 Å². The van der Waals surface area contributed by atoms with E-state index in [0.29, 0.717) is 0 Å². The first-order chi connectivity index (χ1) is 5.55. The van der Waals surface area contributed by atoms with Gasteiger partial charge in [-0.05, 0) is 0 Å². The number of ether oxygens (including phenoxy) is 1. The van der Waals surface area contributed by atoms with Gasteiger partial charge in [0.05, 0.1) is 6.61 Å². The molecule has 0 aromatic rings. The van der Waals surface area contributed by atoms with Crippen molar-refractivity contribution in [3.05, 3.63) is 0 Å². The topological polar surface area (TPSA) is 107 Å². The standard InChI is InChI=1S/C6H10O6/c7-1-3-4(9)5(10)6(11,2-8)12-3/h2-5,7,9-11H,1H2/t3-,4-,5+,6+/m1/s1. The minimum absolute atomic E-state index is 0.0173. The number of aliphatic hydroxyl groups is 4. The summed E-state index contributed by atoms with van der Waals surface area (Å²) in [6.45, 7) is -0.575. The molecule has 0 unspecified atom stereocenters. The lowest BCUT2D eigenvalue weighted by atomic mass is 10.1. The van der Waals surface area contributed by atoms with E-state index in [1.165, 1.54) is 0 Å². The molecule has 4 N–H and O–H groups in total. The van der Waals surface area contributed by atoms with Crippen molar-refractivity contribution in [3.63, 3.8) is 0 Å². The molecule has 12 heavy (non-hydrogen) atoms. The molecule has 6 nitrogen and oxygen atoms in total. The quantitative estimate of drug-likeness (QED) is 0.335. The average Bonchev–Trinajstić information content (AvgIpc) is 2.31. The first-order valence-electron chi connectivity index (χ1n) is 3.38. The smallest absolute Gasteiger partial charge is 0.253 e. The fourth-order valence-corrected chi connectivity index (χ4v) is 1.07. The van der Waals surface area contributed by atoms with Gasteiger partial charge in [-0.25, -0.2) is 0 Å². The third kappa shape index (κ3) is 1.23. The van der Waals surface area contributed by atoms with Gasteiger partial charge in [0.2, 0.25) is 0 Å². The van der Waals surface area contributed by atoms with Crippen LogP contribution in [-0.4, -0.2) is 57.4 Å². The van der Waals surface area contributed by atoms with Crippen molar-refractivity contribution >= 4 is 6.29 Å². The number of carbonyl (C=O) groups is 1. The van der Waals surface area contributed by atoms with Crippen LogP contribution in [0.5, 0.6) is 0 Å². The Morgan fingerprint density at radius 2 is 2.08 bits per heavy atom. The number of hydrogen-bond donors (Lipinski definition) is 4. The second-order valence-corrected chi connectivity index (χ2v) is 2.64. The molecule has 0 aromatic carbocycles. The van der Waals surface area contributed by atoms with Crippen LogP contribution >= 0.6 is 0 Å². The van der Waals surface area contributed by atoms with Crippen molar-refractivity contribution in [1.82, 2.24) is 0 Å². The largest absolute Gasteiger partial charge is 0.394 e. The second-order valence-electron chi connectivity index (χ2n) is 2.64. The number of rotatable bonds is 2. The van der Waals surface area contributed by atoms with Gasteiger partial charge in [0.25, 0.3) is 5.79 Å². The summed E-state index contributed by atoms with van der Waals surface area (Å²) in [4.78, 5) is 10.2. The van der Waals surface area contributed by atoms with Crippen LogP contribution in [0, 0.1) is 0 Å². The molecule has 0 aliphatic carbocycles. The van der Waals surface area contributed by atoms with Gasteiger partial charge in [0.15, 0.2) is 6.29 Å². The van der Waals surface area contributed by atoms with Crippen LogP contribution in [0.25, 0.3) is 0 Å². The molecular weight excluding hydrogens is 168 g/mol. The van der Waals surface area contributed by atoms with Crippen molar-refractivity contribution in [2.75, 3.05) is 6.61 Å². The van der Waals surface area contributed by atoms with Crippen molar-refractivity contribution in [2.45, 2.75) is 24.1 Å². The van der Waals surface area contributed by atoms with Gasteiger partial charge in [-0.2, -0.15) is 0 Å². The molecule has 1 fully saturated rings. The first-order valence-corrected chi connectivity index (χ1v) is 3.38. The lowest BCUT2D eigenvalue weighted by Gasteiger charge is -2.17. The van der Waals surface area contributed by atoms with Crippen LogP contribution in [0.3, 0.4) is 0 Å². The number of hydrogen-bond acceptors (Lipinski definition) is 6. The molecule has 6 heteroatoms. The Morgan fingerprint density at radius 1 is 1.50 bits per heavy atom. The van der Waals surface area contributed by atoms with Crippen LogP contribution in [0.15, 0.2) is 0 Å². The molecule has 0 saturated carbocycles. The zero-order chi connectivity index (χ0) is 9.35. The van der Waals surface area contributed by atoms with Gasteiger partial charge in [-0.1, -0.05) is 0 Å². The summed E-state index contributed by atoms with van der Waals surface area (Å²) in [7, 11) is 0. The van der Waals surface area contributed by atoms with Crippen LogP contribution in [0.4, 0.5) is 0 Å². The van der Waals surface area contributed by atoms with Crippen LogP contribution in [-0.2, 0) is 9.53 Å². The zero-order valence-corrected chi connectivity index (χ0v) is 6.12. The van der Waals surface area contributed by atoms with Gasteiger partial charge >= 0.3 is 0 Å². The maximum Gasteiger partial charge on any atom is 0.253 e. The highest BCUT2D eigenvalue weighted by atomic mass is 16.7. The summed E-state index contributed by atoms with van der Waals surface area (Å²) in [5.74, 6) is -2.40. The first kappa shape index (κ1) is 9.56. The monoisotopic (exact) mass is 178 g/mol. The Kier molecular flexibility index (Phi) is 2.45. The fourth-order valence-electron chi connectivity index (χ4n) is 1.07. The molecule has 1 saturated heterocycles. The molecule has 0 amide bonds. The summed E-state index contributed by atoms with van der Waals surface area (Å²) >= 11 is 0. The molecule has 1 rings (SSSR count). The third-order valence-corrected chi connectivity index (χ3v) is 1.82. The summed E-state index contributed by atoms with van der Waals surface area (Å²) < 4.78 is 4.51. The lowest BCUT2D eigenvalue weighted by Crippen LogP contribution is -2.44. The van der Waals surface area contributed by atoms with E-state index in [9.17, 15) is 4.79 Å². The van der Waals surface area contributed by atoms with E-state index in [1.807, 2.05) is 0 Å². The highest BCUT2D eigenvalue weighted by Gasteiger charge is 2.53. The van der Waals surface area contributed by atoms with Crippen molar-refractivity contribution < 1.29 is 30.0 Å². The Morgan fingerprint density at radius 3 is 2.33 bits per heavy atom. The van der Waals surface area contributed by atoms with E-state index in [2.05, 4.69) is 4.74 Å². The molecule has 1 heterocycles. The molecule has 0 bridgehead atoms. The summed E-state index contributed by atoms with van der Waals surface area (Å²) in [5.41, 5.74) is 0. The highest BCUT2D eigenvalue weighted by Crippen LogP contribution is 2.26. The molecule has 1 aliphatic heterocycles. The van der Waals surface area contributed by atoms with Gasteiger partial charge in [0.1, 0.15) is 18.3 Å². The Balaban J connectivity index is 2.79. The summed E-state index contributed by atoms with van der Waals surface area (Å²) in [5, 5.41) is 35.8. The molecule has 4 atom stereocenters. The van der Waals surface area contributed by atoms with Gasteiger partial charge in [0, 0.05) is 0 Å². The number of aldehydes is 1. The van der Waals surface area contributed by atoms with E-state index < -0.39 is 30.7 Å². The predicted octanol–water partition coefficient (Wildman–Crippen LogP) is -3.01. The predicted molar refractivity (Wildman–Crippen MR) is 35.0 cm³/mol. The number of carbonyl (C=O) groups excluding carboxylic acids is 1. The molecule has 0 radical (unpaired) electrons. The second kappa shape index (κ2) is 3.08. The highest BCUT2D eigenvalue weighted by molar-refractivity contribution is 5.61. The Labute approximate surface area is 68.0 Å². The fraction of sp³-hybridized carbons (Fsp3) is 0.833. The van der Waals surface area contributed by atoms with Crippen molar-refractivity contribution in [1.29, 1.82) is 0 Å². The minimum atomic E-state index is -2.40. The minimum Gasteiger partial charge on any atom is -0.394 e. The van der Waals surface area contributed by atoms with Crippen LogP contribution in [0.1, 0.15) is 0 Å². The van der Waals surface area contributed by atoms with E-state index in [4.69, 9.17) is 20.4 Å². The normalized spacial score (nSPS) is 47.8. The molecular formula is C6H10O6. The Bertz CT molecular complexity index is 183. The Hall–Kier alpha value is -0.530. The van der Waals surface area contributed by atoms with E-state index >= 15 is 0 Å². The molecule has 1 aliphatic rings. The lowest BCUT2D eigenvalue weighted by molar-refractivity contribution is -0.213. The third-order valence-electron chi connectivity index (χ3n) is 1.82. The molecule has 70 valence electrons. The van der Waals surface area contributed by atoms with E-state index in [1.54, 1.807) is 0 Å². The average molecular weight is 178 g/mol. The van der Waals surface area contributed by atoms with Crippen molar-refractivity contribution in [2.24, 2.45) is 0 Å². The van der Waals surface area contributed by atoms with E-state index in [0.717, 1.165) is 0 Å². The van der Waals surface area contributed by atoms with Gasteiger partial charge in [-0.3, -0.25) is 4.79 Å². The zero-order valence-electron chi connectivity index (χ0n) is 6.12. The maximum atomic E-state index is 10.2.